The van der Waals surface area contributed by atoms with Crippen LogP contribution < -0.4 is 5.73 Å². The van der Waals surface area contributed by atoms with Gasteiger partial charge in [0.05, 0.1) is 0 Å². The number of nitrogens with two attached hydrogens (primary N) is 1. The lowest BCUT2D eigenvalue weighted by atomic mass is 9.84. The number of hydrogen-bond acceptors (Lipinski definition) is 4. The van der Waals surface area contributed by atoms with Gasteiger partial charge in [-0.1, -0.05) is 19.3 Å². The van der Waals surface area contributed by atoms with Crippen molar-refractivity contribution in [2.45, 2.75) is 64.9 Å². The van der Waals surface area contributed by atoms with E-state index < -0.39 is 0 Å². The Morgan fingerprint density at radius 1 is 1.14 bits per heavy atom. The maximum absolute atomic E-state index is 5.76. The highest BCUT2D eigenvalue weighted by atomic mass is 16.5. The molecule has 0 aliphatic heterocycles. The molecule has 1 aliphatic rings. The molecule has 1 aromatic heterocycles. The molecule has 4 nitrogen and oxygen atoms in total. The molecule has 21 heavy (non-hydrogen) atoms. The van der Waals surface area contributed by atoms with Crippen molar-refractivity contribution in [1.29, 1.82) is 0 Å². The average molecular weight is 291 g/mol. The van der Waals surface area contributed by atoms with Gasteiger partial charge in [-0.25, -0.2) is 9.97 Å². The molecular formula is C17H29N3O. The Morgan fingerprint density at radius 2 is 1.76 bits per heavy atom. The van der Waals surface area contributed by atoms with E-state index in [1.54, 1.807) is 7.11 Å². The Labute approximate surface area is 128 Å². The van der Waals surface area contributed by atoms with Gasteiger partial charge in [-0.05, 0) is 57.6 Å². The van der Waals surface area contributed by atoms with E-state index in [-0.39, 0.29) is 6.10 Å². The highest BCUT2D eigenvalue weighted by Gasteiger charge is 2.27. The Bertz CT molecular complexity index is 432. The SMILES string of the molecule is COC(c1nc(C)c(CCCN)c(C)n1)C1CCCCC1. The summed E-state index contributed by atoms with van der Waals surface area (Å²) in [5.74, 6) is 1.44. The second-order valence-electron chi connectivity index (χ2n) is 6.18. The van der Waals surface area contributed by atoms with Gasteiger partial charge in [0.1, 0.15) is 6.10 Å². The van der Waals surface area contributed by atoms with E-state index in [1.165, 1.54) is 37.7 Å². The molecule has 118 valence electrons. The maximum Gasteiger partial charge on any atom is 0.157 e. The summed E-state index contributed by atoms with van der Waals surface area (Å²) in [6, 6.07) is 0. The molecule has 1 unspecified atom stereocenters. The van der Waals surface area contributed by atoms with Crippen LogP contribution in [0.15, 0.2) is 0 Å². The molecule has 1 heterocycles. The summed E-state index contributed by atoms with van der Waals surface area (Å²) in [5.41, 5.74) is 9.04. The smallest absolute Gasteiger partial charge is 0.157 e. The maximum atomic E-state index is 5.76. The van der Waals surface area contributed by atoms with Crippen molar-refractivity contribution in [2.75, 3.05) is 13.7 Å². The van der Waals surface area contributed by atoms with Crippen LogP contribution in [0.25, 0.3) is 0 Å². The van der Waals surface area contributed by atoms with Gasteiger partial charge in [0.2, 0.25) is 0 Å². The lowest BCUT2D eigenvalue weighted by molar-refractivity contribution is 0.0286. The third-order valence-electron chi connectivity index (χ3n) is 4.66. The predicted octanol–water partition coefficient (Wildman–Crippen LogP) is 3.25. The van der Waals surface area contributed by atoms with Crippen LogP contribution in [0, 0.1) is 19.8 Å². The van der Waals surface area contributed by atoms with Crippen LogP contribution in [0.5, 0.6) is 0 Å². The Morgan fingerprint density at radius 3 is 2.29 bits per heavy atom. The van der Waals surface area contributed by atoms with Gasteiger partial charge >= 0.3 is 0 Å². The summed E-state index contributed by atoms with van der Waals surface area (Å²) >= 11 is 0. The minimum absolute atomic E-state index is 0.0475. The Hall–Kier alpha value is -1.00. The normalized spacial score (nSPS) is 17.9. The first kappa shape index (κ1) is 16.4. The number of nitrogens with zero attached hydrogens (tertiary/aromatic N) is 2. The van der Waals surface area contributed by atoms with E-state index in [4.69, 9.17) is 20.4 Å². The fraction of sp³-hybridized carbons (Fsp3) is 0.765. The Kier molecular flexibility index (Phi) is 6.12. The van der Waals surface area contributed by atoms with Gasteiger partial charge < -0.3 is 10.5 Å². The molecule has 4 heteroatoms. The van der Waals surface area contributed by atoms with Crippen LogP contribution in [0.4, 0.5) is 0 Å². The molecule has 1 aromatic rings. The fourth-order valence-corrected chi connectivity index (χ4v) is 3.48. The van der Waals surface area contributed by atoms with Crippen molar-refractivity contribution in [1.82, 2.24) is 9.97 Å². The quantitative estimate of drug-likeness (QED) is 0.874. The first-order valence-electron chi connectivity index (χ1n) is 8.24. The van der Waals surface area contributed by atoms with Crippen molar-refractivity contribution in [3.63, 3.8) is 0 Å². The summed E-state index contributed by atoms with van der Waals surface area (Å²) in [5, 5.41) is 0. The topological polar surface area (TPSA) is 61.0 Å². The van der Waals surface area contributed by atoms with E-state index in [0.29, 0.717) is 12.5 Å². The first-order chi connectivity index (χ1) is 10.2. The molecule has 0 aromatic carbocycles. The zero-order chi connectivity index (χ0) is 15.2. The summed E-state index contributed by atoms with van der Waals surface area (Å²) in [7, 11) is 1.79. The molecule has 0 spiro atoms. The van der Waals surface area contributed by atoms with Gasteiger partial charge in [-0.3, -0.25) is 0 Å². The van der Waals surface area contributed by atoms with Crippen LogP contribution in [0.1, 0.15) is 67.4 Å². The molecule has 1 fully saturated rings. The number of methoxy groups -OCH3 is 1. The number of aryl methyl sites for hydroxylation is 2. The molecule has 0 bridgehead atoms. The zero-order valence-corrected chi connectivity index (χ0v) is 13.7. The molecule has 1 saturated carbocycles. The van der Waals surface area contributed by atoms with Crippen molar-refractivity contribution in [3.05, 3.63) is 22.8 Å². The summed E-state index contributed by atoms with van der Waals surface area (Å²) < 4.78 is 5.76. The Balaban J connectivity index is 2.21. The molecule has 0 amide bonds. The van der Waals surface area contributed by atoms with Crippen molar-refractivity contribution in [3.8, 4) is 0 Å². The van der Waals surface area contributed by atoms with E-state index in [9.17, 15) is 0 Å². The molecular weight excluding hydrogens is 262 g/mol. The van der Waals surface area contributed by atoms with Crippen LogP contribution in [0.3, 0.4) is 0 Å². The third-order valence-corrected chi connectivity index (χ3v) is 4.66. The van der Waals surface area contributed by atoms with Crippen molar-refractivity contribution >= 4 is 0 Å². The van der Waals surface area contributed by atoms with E-state index >= 15 is 0 Å². The monoisotopic (exact) mass is 291 g/mol. The van der Waals surface area contributed by atoms with Gasteiger partial charge in [0.15, 0.2) is 5.82 Å². The van der Waals surface area contributed by atoms with Crippen LogP contribution in [-0.2, 0) is 11.2 Å². The minimum Gasteiger partial charge on any atom is -0.373 e. The van der Waals surface area contributed by atoms with Gasteiger partial charge in [0, 0.05) is 18.5 Å². The highest BCUT2D eigenvalue weighted by Crippen LogP contribution is 2.35. The summed E-state index contributed by atoms with van der Waals surface area (Å²) in [4.78, 5) is 9.51. The highest BCUT2D eigenvalue weighted by molar-refractivity contribution is 5.25. The van der Waals surface area contributed by atoms with Crippen LogP contribution >= 0.6 is 0 Å². The average Bonchev–Trinajstić information content (AvgIpc) is 2.48. The summed E-state index contributed by atoms with van der Waals surface area (Å²) in [6.07, 6.45) is 8.42. The van der Waals surface area contributed by atoms with Crippen LogP contribution in [-0.4, -0.2) is 23.6 Å². The molecule has 2 rings (SSSR count). The predicted molar refractivity (Wildman–Crippen MR) is 85.2 cm³/mol. The van der Waals surface area contributed by atoms with Gasteiger partial charge in [0.25, 0.3) is 0 Å². The largest absolute Gasteiger partial charge is 0.373 e. The molecule has 0 saturated heterocycles. The fourth-order valence-electron chi connectivity index (χ4n) is 3.48. The standard InChI is InChI=1S/C17H29N3O/c1-12-15(10-7-11-18)13(2)20-17(19-12)16(21-3)14-8-5-4-6-9-14/h14,16H,4-11,18H2,1-3H3. The third kappa shape index (κ3) is 4.01. The zero-order valence-electron chi connectivity index (χ0n) is 13.7. The lowest BCUT2D eigenvalue weighted by Crippen LogP contribution is -2.21. The van der Waals surface area contributed by atoms with Gasteiger partial charge in [-0.2, -0.15) is 0 Å². The molecule has 1 aliphatic carbocycles. The number of rotatable bonds is 6. The number of ether oxygens (including phenoxy) is 1. The number of hydrogen-bond donors (Lipinski definition) is 1. The molecule has 0 radical (unpaired) electrons. The van der Waals surface area contributed by atoms with E-state index in [0.717, 1.165) is 30.1 Å². The van der Waals surface area contributed by atoms with E-state index in [1.807, 2.05) is 0 Å². The van der Waals surface area contributed by atoms with Crippen molar-refractivity contribution < 1.29 is 4.74 Å². The van der Waals surface area contributed by atoms with Crippen LogP contribution in [0.2, 0.25) is 0 Å². The first-order valence-corrected chi connectivity index (χ1v) is 8.24. The second-order valence-corrected chi connectivity index (χ2v) is 6.18. The lowest BCUT2D eigenvalue weighted by Gasteiger charge is -2.28. The summed E-state index contributed by atoms with van der Waals surface area (Å²) in [6.45, 7) is 4.87. The second kappa shape index (κ2) is 7.85. The number of aromatic nitrogens is 2. The minimum atomic E-state index is 0.0475. The molecule has 1 atom stereocenters. The van der Waals surface area contributed by atoms with Gasteiger partial charge in [-0.15, -0.1) is 0 Å². The van der Waals surface area contributed by atoms with Crippen molar-refractivity contribution in [2.24, 2.45) is 11.7 Å². The van der Waals surface area contributed by atoms with E-state index in [2.05, 4.69) is 13.8 Å². The molecule has 2 N–H and O–H groups in total.